The van der Waals surface area contributed by atoms with Crippen molar-refractivity contribution >= 4 is 45.1 Å². The predicted octanol–water partition coefficient (Wildman–Crippen LogP) is 6.10. The summed E-state index contributed by atoms with van der Waals surface area (Å²) < 4.78 is 6.42. The minimum atomic E-state index is -0.499. The molecule has 0 aromatic heterocycles. The number of carbonyl (C=O) groups is 1. The van der Waals surface area contributed by atoms with Crippen LogP contribution in [0.25, 0.3) is 0 Å². The van der Waals surface area contributed by atoms with Crippen LogP contribution in [0.3, 0.4) is 0 Å². The zero-order valence-electron chi connectivity index (χ0n) is 11.5. The number of esters is 1. The van der Waals surface area contributed by atoms with E-state index in [1.165, 1.54) is 6.07 Å². The van der Waals surface area contributed by atoms with Gasteiger partial charge in [-0.05, 0) is 47.9 Å². The molecule has 2 aromatic rings. The quantitative estimate of drug-likeness (QED) is 0.469. The van der Waals surface area contributed by atoms with Crippen molar-refractivity contribution in [1.82, 2.24) is 0 Å². The number of hydrogen-bond donors (Lipinski definition) is 0. The van der Waals surface area contributed by atoms with Crippen LogP contribution in [0.1, 0.15) is 35.7 Å². The van der Waals surface area contributed by atoms with E-state index < -0.39 is 5.97 Å². The van der Waals surface area contributed by atoms with Crippen LogP contribution in [0, 0.1) is 0 Å². The Kier molecular flexibility index (Phi) is 5.31. The average molecular weight is 388 g/mol. The molecule has 2 rings (SSSR count). The van der Waals surface area contributed by atoms with Crippen LogP contribution in [0.5, 0.6) is 5.75 Å². The molecule has 0 heterocycles. The maximum atomic E-state index is 12.2. The summed E-state index contributed by atoms with van der Waals surface area (Å²) in [6.07, 6.45) is 0. The molecule has 0 amide bonds. The molecule has 0 aliphatic carbocycles. The second-order valence-corrected chi connectivity index (χ2v) is 6.61. The zero-order chi connectivity index (χ0) is 15.6. The Hall–Kier alpha value is -1.03. The monoisotopic (exact) mass is 386 g/mol. The Morgan fingerprint density at radius 1 is 1.14 bits per heavy atom. The van der Waals surface area contributed by atoms with Gasteiger partial charge in [0.1, 0.15) is 5.75 Å². The first-order chi connectivity index (χ1) is 9.88. The zero-order valence-corrected chi connectivity index (χ0v) is 14.6. The number of benzene rings is 2. The van der Waals surface area contributed by atoms with Crippen LogP contribution < -0.4 is 4.74 Å². The summed E-state index contributed by atoms with van der Waals surface area (Å²) in [6, 6.07) is 10.2. The molecule has 0 saturated heterocycles. The minimum absolute atomic E-state index is 0.228. The third kappa shape index (κ3) is 4.00. The van der Waals surface area contributed by atoms with E-state index in [0.717, 1.165) is 10.0 Å². The van der Waals surface area contributed by atoms with E-state index in [0.29, 0.717) is 16.3 Å². The summed E-state index contributed by atoms with van der Waals surface area (Å²) in [5.41, 5.74) is 1.24. The Labute approximate surface area is 142 Å². The van der Waals surface area contributed by atoms with Crippen molar-refractivity contribution in [2.75, 3.05) is 0 Å². The van der Waals surface area contributed by atoms with E-state index in [4.69, 9.17) is 27.9 Å². The maximum absolute atomic E-state index is 12.2. The highest BCUT2D eigenvalue weighted by molar-refractivity contribution is 9.10. The van der Waals surface area contributed by atoms with Crippen molar-refractivity contribution in [1.29, 1.82) is 0 Å². The number of rotatable bonds is 3. The van der Waals surface area contributed by atoms with E-state index in [1.807, 2.05) is 26.0 Å². The normalized spacial score (nSPS) is 10.8. The third-order valence-electron chi connectivity index (χ3n) is 2.95. The van der Waals surface area contributed by atoms with Gasteiger partial charge >= 0.3 is 5.97 Å². The molecule has 0 unspecified atom stereocenters. The number of hydrogen-bond acceptors (Lipinski definition) is 2. The van der Waals surface area contributed by atoms with Crippen molar-refractivity contribution in [3.8, 4) is 5.75 Å². The Balaban J connectivity index is 2.31. The molecule has 110 valence electrons. The van der Waals surface area contributed by atoms with Crippen LogP contribution in [0.4, 0.5) is 0 Å². The first-order valence-corrected chi connectivity index (χ1v) is 7.90. The largest absolute Gasteiger partial charge is 0.423 e. The topological polar surface area (TPSA) is 26.3 Å². The van der Waals surface area contributed by atoms with Gasteiger partial charge in [0.15, 0.2) is 0 Å². The van der Waals surface area contributed by atoms with Crippen molar-refractivity contribution in [3.05, 3.63) is 62.0 Å². The number of ether oxygens (including phenoxy) is 1. The molecule has 0 aliphatic heterocycles. The molecule has 0 atom stereocenters. The smallest absolute Gasteiger partial charge is 0.345 e. The summed E-state index contributed by atoms with van der Waals surface area (Å²) in [6.45, 7) is 4.07. The highest BCUT2D eigenvalue weighted by atomic mass is 79.9. The predicted molar refractivity (Wildman–Crippen MR) is 89.7 cm³/mol. The molecule has 2 aromatic carbocycles. The molecule has 0 aliphatic rings. The molecule has 0 spiro atoms. The third-order valence-corrected chi connectivity index (χ3v) is 3.99. The Morgan fingerprint density at radius 3 is 2.48 bits per heavy atom. The van der Waals surface area contributed by atoms with Gasteiger partial charge in [-0.2, -0.15) is 0 Å². The van der Waals surface area contributed by atoms with Gasteiger partial charge in [0.25, 0.3) is 0 Å². The standard InChI is InChI=1S/C16H13BrCl2O2/c1-9(2)13-7-10(17)3-6-15(13)21-16(20)12-5-4-11(18)8-14(12)19/h3-9H,1-2H3. The summed E-state index contributed by atoms with van der Waals surface area (Å²) in [7, 11) is 0. The lowest BCUT2D eigenvalue weighted by Gasteiger charge is -2.13. The molecule has 0 fully saturated rings. The second kappa shape index (κ2) is 6.82. The van der Waals surface area contributed by atoms with Gasteiger partial charge < -0.3 is 4.74 Å². The van der Waals surface area contributed by atoms with Gasteiger partial charge in [-0.15, -0.1) is 0 Å². The lowest BCUT2D eigenvalue weighted by molar-refractivity contribution is 0.0733. The lowest BCUT2D eigenvalue weighted by atomic mass is 10.0. The first kappa shape index (κ1) is 16.3. The average Bonchev–Trinajstić information content (AvgIpc) is 2.40. The van der Waals surface area contributed by atoms with Crippen LogP contribution in [0.2, 0.25) is 10.0 Å². The number of carbonyl (C=O) groups excluding carboxylic acids is 1. The van der Waals surface area contributed by atoms with Gasteiger partial charge in [-0.3, -0.25) is 0 Å². The highest BCUT2D eigenvalue weighted by Gasteiger charge is 2.16. The van der Waals surface area contributed by atoms with Gasteiger partial charge in [0.2, 0.25) is 0 Å². The fourth-order valence-electron chi connectivity index (χ4n) is 1.87. The molecule has 0 bridgehead atoms. The van der Waals surface area contributed by atoms with Crippen molar-refractivity contribution < 1.29 is 9.53 Å². The van der Waals surface area contributed by atoms with E-state index in [2.05, 4.69) is 15.9 Å². The van der Waals surface area contributed by atoms with Gasteiger partial charge in [0.05, 0.1) is 10.6 Å². The summed E-state index contributed by atoms with van der Waals surface area (Å²) in [5, 5.41) is 0.749. The molecule has 21 heavy (non-hydrogen) atoms. The molecular weight excluding hydrogens is 375 g/mol. The summed E-state index contributed by atoms with van der Waals surface area (Å²) in [4.78, 5) is 12.2. The second-order valence-electron chi connectivity index (χ2n) is 4.85. The summed E-state index contributed by atoms with van der Waals surface area (Å²) >= 11 is 15.3. The van der Waals surface area contributed by atoms with Crippen molar-refractivity contribution in [3.63, 3.8) is 0 Å². The highest BCUT2D eigenvalue weighted by Crippen LogP contribution is 2.31. The molecule has 5 heteroatoms. The Morgan fingerprint density at radius 2 is 1.86 bits per heavy atom. The van der Waals surface area contributed by atoms with E-state index in [1.54, 1.807) is 18.2 Å². The first-order valence-electron chi connectivity index (χ1n) is 6.35. The van der Waals surface area contributed by atoms with Gasteiger partial charge in [-0.25, -0.2) is 4.79 Å². The molecule has 2 nitrogen and oxygen atoms in total. The lowest BCUT2D eigenvalue weighted by Crippen LogP contribution is -2.11. The fraction of sp³-hybridized carbons (Fsp3) is 0.188. The van der Waals surface area contributed by atoms with Crippen LogP contribution in [-0.2, 0) is 0 Å². The van der Waals surface area contributed by atoms with Crippen molar-refractivity contribution in [2.24, 2.45) is 0 Å². The van der Waals surface area contributed by atoms with Gasteiger partial charge in [-0.1, -0.05) is 53.0 Å². The minimum Gasteiger partial charge on any atom is -0.423 e. The summed E-state index contributed by atoms with van der Waals surface area (Å²) in [5.74, 6) is 0.260. The van der Waals surface area contributed by atoms with E-state index in [9.17, 15) is 4.79 Å². The SMILES string of the molecule is CC(C)c1cc(Br)ccc1OC(=O)c1ccc(Cl)cc1Cl. The molecular formula is C16H13BrCl2O2. The molecule has 0 saturated carbocycles. The Bertz CT molecular complexity index is 684. The van der Waals surface area contributed by atoms with Gasteiger partial charge in [0, 0.05) is 9.50 Å². The molecule has 0 radical (unpaired) electrons. The maximum Gasteiger partial charge on any atom is 0.345 e. The fourth-order valence-corrected chi connectivity index (χ4v) is 2.74. The van der Waals surface area contributed by atoms with Crippen LogP contribution in [0.15, 0.2) is 40.9 Å². The van der Waals surface area contributed by atoms with E-state index in [-0.39, 0.29) is 10.9 Å². The van der Waals surface area contributed by atoms with E-state index >= 15 is 0 Å². The number of halogens is 3. The van der Waals surface area contributed by atoms with Crippen LogP contribution in [-0.4, -0.2) is 5.97 Å². The van der Waals surface area contributed by atoms with Crippen molar-refractivity contribution in [2.45, 2.75) is 19.8 Å². The molecule has 0 N–H and O–H groups in total. The van der Waals surface area contributed by atoms with Crippen LogP contribution >= 0.6 is 39.1 Å².